The molecule has 0 radical (unpaired) electrons. The normalized spacial score (nSPS) is 24.0. The maximum absolute atomic E-state index is 12.0. The van der Waals surface area contributed by atoms with Crippen molar-refractivity contribution in [3.05, 3.63) is 41.4 Å². The highest BCUT2D eigenvalue weighted by Crippen LogP contribution is 2.34. The van der Waals surface area contributed by atoms with Crippen molar-refractivity contribution < 1.29 is 13.2 Å². The van der Waals surface area contributed by atoms with Crippen LogP contribution in [0.3, 0.4) is 0 Å². The lowest BCUT2D eigenvalue weighted by Crippen LogP contribution is -2.44. The van der Waals surface area contributed by atoms with Crippen LogP contribution in [0, 0.1) is 0 Å². The van der Waals surface area contributed by atoms with Crippen molar-refractivity contribution in [2.45, 2.75) is 31.7 Å². The minimum absolute atomic E-state index is 0.0528. The number of nitrogens with zero attached hydrogens (tertiary/aromatic N) is 5. The summed E-state index contributed by atoms with van der Waals surface area (Å²) in [6.07, 6.45) is 8.87. The van der Waals surface area contributed by atoms with Crippen LogP contribution in [0.5, 0.6) is 0 Å². The highest BCUT2D eigenvalue weighted by Gasteiger charge is 2.32. The number of pyridine rings is 1. The molecular formula is C22H27N5O3S. The van der Waals surface area contributed by atoms with Crippen LogP contribution < -0.4 is 4.90 Å². The maximum Gasteiger partial charge on any atom is 0.211 e. The van der Waals surface area contributed by atoms with Crippen LogP contribution in [-0.2, 0) is 21.2 Å². The molecule has 2 atom stereocenters. The number of ether oxygens (including phenoxy) is 1. The van der Waals surface area contributed by atoms with Crippen LogP contribution >= 0.6 is 0 Å². The zero-order valence-corrected chi connectivity index (χ0v) is 18.7. The van der Waals surface area contributed by atoms with E-state index in [0.717, 1.165) is 47.7 Å². The Kier molecular flexibility index (Phi) is 5.27. The minimum Gasteiger partial charge on any atom is -0.377 e. The SMILES string of the molecule is C[C@@H]1COCCN1c1cc([C@@H]2CCN(S(C)(=O)=O)C2)nc(-c2ccnc3c2C=CC3)n1. The molecule has 164 valence electrons. The zero-order chi connectivity index (χ0) is 21.6. The number of anilines is 1. The van der Waals surface area contributed by atoms with Gasteiger partial charge < -0.3 is 9.64 Å². The highest BCUT2D eigenvalue weighted by molar-refractivity contribution is 7.88. The number of rotatable bonds is 4. The van der Waals surface area contributed by atoms with Gasteiger partial charge in [-0.2, -0.15) is 0 Å². The largest absolute Gasteiger partial charge is 0.377 e. The summed E-state index contributed by atoms with van der Waals surface area (Å²) in [5.74, 6) is 1.60. The van der Waals surface area contributed by atoms with E-state index >= 15 is 0 Å². The predicted octanol–water partition coefficient (Wildman–Crippen LogP) is 2.08. The predicted molar refractivity (Wildman–Crippen MR) is 119 cm³/mol. The summed E-state index contributed by atoms with van der Waals surface area (Å²) in [5, 5.41) is 0. The van der Waals surface area contributed by atoms with Crippen molar-refractivity contribution in [2.24, 2.45) is 0 Å². The summed E-state index contributed by atoms with van der Waals surface area (Å²) in [5.41, 5.74) is 3.99. The molecule has 31 heavy (non-hydrogen) atoms. The van der Waals surface area contributed by atoms with E-state index in [2.05, 4.69) is 29.0 Å². The van der Waals surface area contributed by atoms with Crippen LogP contribution in [0.15, 0.2) is 24.4 Å². The summed E-state index contributed by atoms with van der Waals surface area (Å²) in [4.78, 5) is 16.7. The summed E-state index contributed by atoms with van der Waals surface area (Å²) in [6.45, 7) is 5.21. The van der Waals surface area contributed by atoms with Gasteiger partial charge in [0.2, 0.25) is 10.0 Å². The lowest BCUT2D eigenvalue weighted by atomic mass is 10.0. The Morgan fingerprint density at radius 3 is 2.87 bits per heavy atom. The third-order valence-electron chi connectivity index (χ3n) is 6.34. The number of hydrogen-bond donors (Lipinski definition) is 0. The molecule has 1 aliphatic carbocycles. The lowest BCUT2D eigenvalue weighted by Gasteiger charge is -2.34. The summed E-state index contributed by atoms with van der Waals surface area (Å²) < 4.78 is 31.2. The van der Waals surface area contributed by atoms with E-state index in [0.29, 0.717) is 32.1 Å². The van der Waals surface area contributed by atoms with Crippen LogP contribution in [0.2, 0.25) is 0 Å². The molecule has 2 aromatic heterocycles. The Morgan fingerprint density at radius 2 is 2.10 bits per heavy atom. The summed E-state index contributed by atoms with van der Waals surface area (Å²) in [6, 6.07) is 4.22. The average Bonchev–Trinajstić information content (AvgIpc) is 3.43. The van der Waals surface area contributed by atoms with E-state index in [9.17, 15) is 8.42 Å². The number of sulfonamides is 1. The molecule has 2 fully saturated rings. The third-order valence-corrected chi connectivity index (χ3v) is 7.61. The van der Waals surface area contributed by atoms with Crippen molar-refractivity contribution >= 4 is 21.9 Å². The zero-order valence-electron chi connectivity index (χ0n) is 17.9. The average molecular weight is 442 g/mol. The van der Waals surface area contributed by atoms with Crippen molar-refractivity contribution in [1.29, 1.82) is 0 Å². The van der Waals surface area contributed by atoms with Crippen LogP contribution in [0.4, 0.5) is 5.82 Å². The van der Waals surface area contributed by atoms with Gasteiger partial charge in [-0.1, -0.05) is 12.2 Å². The maximum atomic E-state index is 12.0. The second-order valence-electron chi connectivity index (χ2n) is 8.52. The molecule has 0 saturated carbocycles. The summed E-state index contributed by atoms with van der Waals surface area (Å²) >= 11 is 0. The van der Waals surface area contributed by atoms with Gasteiger partial charge in [-0.15, -0.1) is 0 Å². The fourth-order valence-corrected chi connectivity index (χ4v) is 5.50. The number of hydrogen-bond acceptors (Lipinski definition) is 7. The van der Waals surface area contributed by atoms with Crippen molar-refractivity contribution in [3.8, 4) is 11.4 Å². The first kappa shape index (κ1) is 20.5. The molecule has 5 rings (SSSR count). The molecule has 0 aromatic carbocycles. The standard InChI is InChI=1S/C22H27N5O3S/c1-15-14-30-11-10-27(15)21-12-20(16-7-9-26(13-16)31(2,28)29)24-22(25-21)18-6-8-23-19-5-3-4-17(18)19/h3-4,6,8,12,15-16H,5,7,9-11,13-14H2,1-2H3/t15-,16-/m1/s1. The second kappa shape index (κ2) is 7.96. The van der Waals surface area contributed by atoms with Crippen molar-refractivity contribution in [2.75, 3.05) is 44.0 Å². The fraction of sp³-hybridized carbons (Fsp3) is 0.500. The third kappa shape index (κ3) is 3.97. The molecule has 0 spiro atoms. The smallest absolute Gasteiger partial charge is 0.211 e. The lowest BCUT2D eigenvalue weighted by molar-refractivity contribution is 0.0985. The Balaban J connectivity index is 1.58. The Morgan fingerprint density at radius 1 is 1.23 bits per heavy atom. The van der Waals surface area contributed by atoms with E-state index in [-0.39, 0.29) is 12.0 Å². The monoisotopic (exact) mass is 441 g/mol. The van der Waals surface area contributed by atoms with Gasteiger partial charge in [-0.05, 0) is 19.4 Å². The molecule has 0 bridgehead atoms. The Hall–Kier alpha value is -2.36. The molecule has 2 saturated heterocycles. The van der Waals surface area contributed by atoms with E-state index < -0.39 is 10.0 Å². The number of aromatic nitrogens is 3. The first-order chi connectivity index (χ1) is 14.9. The number of fused-ring (bicyclic) bond motifs is 1. The summed E-state index contributed by atoms with van der Waals surface area (Å²) in [7, 11) is -3.21. The van der Waals surface area contributed by atoms with Crippen LogP contribution in [0.1, 0.15) is 36.2 Å². The molecular weight excluding hydrogens is 414 g/mol. The van der Waals surface area contributed by atoms with Crippen molar-refractivity contribution in [3.63, 3.8) is 0 Å². The highest BCUT2D eigenvalue weighted by atomic mass is 32.2. The van der Waals surface area contributed by atoms with E-state index in [1.807, 2.05) is 18.3 Å². The van der Waals surface area contributed by atoms with Crippen LogP contribution in [-0.4, -0.2) is 72.8 Å². The Bertz CT molecular complexity index is 1130. The second-order valence-corrected chi connectivity index (χ2v) is 10.5. The number of morpholine rings is 1. The number of allylic oxidation sites excluding steroid dienone is 1. The van der Waals surface area contributed by atoms with E-state index in [1.165, 1.54) is 6.26 Å². The first-order valence-electron chi connectivity index (χ1n) is 10.7. The quantitative estimate of drug-likeness (QED) is 0.718. The molecule has 0 amide bonds. The van der Waals surface area contributed by atoms with Crippen LogP contribution in [0.25, 0.3) is 17.5 Å². The van der Waals surface area contributed by atoms with Gasteiger partial charge in [0, 0.05) is 55.4 Å². The molecule has 0 unspecified atom stereocenters. The molecule has 2 aromatic rings. The molecule has 4 heterocycles. The van der Waals surface area contributed by atoms with Gasteiger partial charge in [-0.3, -0.25) is 4.98 Å². The van der Waals surface area contributed by atoms with Crippen molar-refractivity contribution in [1.82, 2.24) is 19.3 Å². The van der Waals surface area contributed by atoms with Gasteiger partial charge in [0.1, 0.15) is 5.82 Å². The van der Waals surface area contributed by atoms with Gasteiger partial charge in [0.05, 0.1) is 36.9 Å². The fourth-order valence-electron chi connectivity index (χ4n) is 4.62. The van der Waals surface area contributed by atoms with Gasteiger partial charge in [0.25, 0.3) is 0 Å². The molecule has 9 heteroatoms. The minimum atomic E-state index is -3.21. The molecule has 8 nitrogen and oxygen atoms in total. The topological polar surface area (TPSA) is 88.5 Å². The van der Waals surface area contributed by atoms with Gasteiger partial charge in [-0.25, -0.2) is 22.7 Å². The molecule has 2 aliphatic heterocycles. The molecule has 3 aliphatic rings. The molecule has 0 N–H and O–H groups in total. The van der Waals surface area contributed by atoms with E-state index in [1.54, 1.807) is 4.31 Å². The Labute approximate surface area is 183 Å². The van der Waals surface area contributed by atoms with Gasteiger partial charge >= 0.3 is 0 Å². The van der Waals surface area contributed by atoms with E-state index in [4.69, 9.17) is 14.7 Å². The first-order valence-corrected chi connectivity index (χ1v) is 12.6. The van der Waals surface area contributed by atoms with Gasteiger partial charge in [0.15, 0.2) is 5.82 Å².